The molecular weight excluding hydrogens is 761 g/mol. The van der Waals surface area contributed by atoms with Gasteiger partial charge >= 0.3 is 6.03 Å². The molecule has 0 unspecified atom stereocenters. The maximum absolute atomic E-state index is 15.1. The number of amides is 2. The van der Waals surface area contributed by atoms with Crippen molar-refractivity contribution in [1.82, 2.24) is 29.8 Å². The van der Waals surface area contributed by atoms with Crippen LogP contribution in [0.3, 0.4) is 0 Å². The average Bonchev–Trinajstić information content (AvgIpc) is 3.74. The van der Waals surface area contributed by atoms with Crippen LogP contribution in [-0.2, 0) is 32.5 Å². The minimum Gasteiger partial charge on any atom is -0.388 e. The number of urea groups is 1. The Morgan fingerprint density at radius 2 is 1.35 bits per heavy atom. The first kappa shape index (κ1) is 34.3. The molecule has 13 heteroatoms. The zero-order valence-corrected chi connectivity index (χ0v) is 29.7. The molecular formula is C38H36IN7O5. The van der Waals surface area contributed by atoms with Gasteiger partial charge in [0.1, 0.15) is 12.2 Å². The number of nitrogens with one attached hydrogen (secondary N) is 1. The number of hydrogen-bond donors (Lipinski definition) is 3. The van der Waals surface area contributed by atoms with Gasteiger partial charge in [-0.3, -0.25) is 19.9 Å². The number of nitro groups is 1. The summed E-state index contributed by atoms with van der Waals surface area (Å²) in [5.41, 5.74) is 4.66. The monoisotopic (exact) mass is 797 g/mol. The van der Waals surface area contributed by atoms with Gasteiger partial charge in [0.15, 0.2) is 0 Å². The summed E-state index contributed by atoms with van der Waals surface area (Å²) in [6, 6.07) is 29.1. The summed E-state index contributed by atoms with van der Waals surface area (Å²) < 4.78 is 2.84. The predicted molar refractivity (Wildman–Crippen MR) is 200 cm³/mol. The fourth-order valence-electron chi connectivity index (χ4n) is 6.89. The first-order chi connectivity index (χ1) is 24.7. The average molecular weight is 798 g/mol. The lowest BCUT2D eigenvalue weighted by molar-refractivity contribution is -0.384. The van der Waals surface area contributed by atoms with Crippen LogP contribution in [0.25, 0.3) is 10.9 Å². The van der Waals surface area contributed by atoms with E-state index >= 15 is 4.79 Å². The van der Waals surface area contributed by atoms with E-state index in [0.717, 1.165) is 36.9 Å². The molecule has 0 aliphatic carbocycles. The van der Waals surface area contributed by atoms with Gasteiger partial charge in [0.2, 0.25) is 0 Å². The Labute approximate surface area is 307 Å². The summed E-state index contributed by atoms with van der Waals surface area (Å²) in [5.74, 6) is 0. The van der Waals surface area contributed by atoms with E-state index in [1.807, 2.05) is 89.7 Å². The van der Waals surface area contributed by atoms with Crippen LogP contribution in [0, 0.1) is 13.7 Å². The first-order valence-electron chi connectivity index (χ1n) is 16.6. The van der Waals surface area contributed by atoms with Gasteiger partial charge in [-0.1, -0.05) is 78.9 Å². The van der Waals surface area contributed by atoms with Crippen LogP contribution in [0.15, 0.2) is 116 Å². The SMILES string of the molecule is O=C1N(Cc2cccc([N+](=O)[O-])c2)[C@H](Cc2ccccc2)[C@H](O)[C@@H](O)[C@@H](Cc2ccccc2)N1Cc1ccc2n[nH]c(Cn3cc(I)cn3)c2c1. The van der Waals surface area contributed by atoms with E-state index in [-0.39, 0.29) is 25.2 Å². The fourth-order valence-corrected chi connectivity index (χ4v) is 7.34. The van der Waals surface area contributed by atoms with Gasteiger partial charge in [0.25, 0.3) is 5.69 Å². The molecule has 2 aromatic heterocycles. The minimum absolute atomic E-state index is 0.00999. The summed E-state index contributed by atoms with van der Waals surface area (Å²) in [4.78, 5) is 29.5. The molecule has 3 heterocycles. The fraction of sp³-hybridized carbons (Fsp3) is 0.237. The van der Waals surface area contributed by atoms with Crippen molar-refractivity contribution in [2.24, 2.45) is 0 Å². The number of carbonyl (C=O) groups excluding carboxylic acids is 1. The molecule has 0 bridgehead atoms. The highest BCUT2D eigenvalue weighted by Gasteiger charge is 2.46. The van der Waals surface area contributed by atoms with Crippen LogP contribution in [0.1, 0.15) is 27.9 Å². The number of halogens is 1. The highest BCUT2D eigenvalue weighted by Crippen LogP contribution is 2.31. The molecule has 3 N–H and O–H groups in total. The number of non-ortho nitro benzene ring substituents is 1. The van der Waals surface area contributed by atoms with Crippen LogP contribution >= 0.6 is 22.6 Å². The number of rotatable bonds is 11. The van der Waals surface area contributed by atoms with Crippen molar-refractivity contribution in [3.8, 4) is 0 Å². The van der Waals surface area contributed by atoms with Gasteiger partial charge in [0, 0.05) is 36.8 Å². The number of nitro benzene ring substituents is 1. The lowest BCUT2D eigenvalue weighted by Crippen LogP contribution is -2.50. The Morgan fingerprint density at radius 3 is 1.92 bits per heavy atom. The van der Waals surface area contributed by atoms with E-state index < -0.39 is 35.2 Å². The van der Waals surface area contributed by atoms with Crippen molar-refractivity contribution in [2.45, 2.75) is 56.8 Å². The molecule has 4 atom stereocenters. The minimum atomic E-state index is -1.33. The molecule has 0 radical (unpaired) electrons. The predicted octanol–water partition coefficient (Wildman–Crippen LogP) is 5.70. The summed E-state index contributed by atoms with van der Waals surface area (Å²) in [6.45, 7) is 0.596. The van der Waals surface area contributed by atoms with Gasteiger partial charge in [-0.05, 0) is 69.8 Å². The number of aromatic amines is 1. The van der Waals surface area contributed by atoms with Crippen LogP contribution in [-0.4, -0.2) is 75.2 Å². The highest BCUT2D eigenvalue weighted by molar-refractivity contribution is 14.1. The van der Waals surface area contributed by atoms with E-state index in [1.54, 1.807) is 28.1 Å². The number of benzene rings is 4. The zero-order valence-electron chi connectivity index (χ0n) is 27.5. The molecule has 1 saturated heterocycles. The molecule has 1 fully saturated rings. The summed E-state index contributed by atoms with van der Waals surface area (Å²) >= 11 is 2.21. The van der Waals surface area contributed by atoms with Crippen molar-refractivity contribution < 1.29 is 19.9 Å². The molecule has 0 spiro atoms. The maximum Gasteiger partial charge on any atom is 0.321 e. The van der Waals surface area contributed by atoms with Crippen LogP contribution in [0.4, 0.5) is 10.5 Å². The van der Waals surface area contributed by atoms with Crippen molar-refractivity contribution in [1.29, 1.82) is 0 Å². The quantitative estimate of drug-likeness (QED) is 0.0864. The first-order valence-corrected chi connectivity index (χ1v) is 17.7. The van der Waals surface area contributed by atoms with E-state index in [4.69, 9.17) is 0 Å². The van der Waals surface area contributed by atoms with E-state index in [9.17, 15) is 20.3 Å². The number of fused-ring (bicyclic) bond motifs is 1. The van der Waals surface area contributed by atoms with E-state index in [0.29, 0.717) is 18.5 Å². The molecule has 2 amide bonds. The smallest absolute Gasteiger partial charge is 0.321 e. The van der Waals surface area contributed by atoms with Crippen LogP contribution in [0.5, 0.6) is 0 Å². The van der Waals surface area contributed by atoms with Crippen LogP contribution in [0.2, 0.25) is 0 Å². The highest BCUT2D eigenvalue weighted by atomic mass is 127. The second-order valence-electron chi connectivity index (χ2n) is 12.9. The summed E-state index contributed by atoms with van der Waals surface area (Å²) in [6.07, 6.45) is 1.65. The number of H-pyrrole nitrogens is 1. The number of nitrogens with zero attached hydrogens (tertiary/aromatic N) is 6. The lowest BCUT2D eigenvalue weighted by Gasteiger charge is -2.36. The lowest BCUT2D eigenvalue weighted by atomic mass is 9.91. The Bertz CT molecular complexity index is 2140. The Hall–Kier alpha value is -5.12. The molecule has 12 nitrogen and oxygen atoms in total. The van der Waals surface area contributed by atoms with Gasteiger partial charge < -0.3 is 20.0 Å². The van der Waals surface area contributed by atoms with E-state index in [2.05, 4.69) is 37.9 Å². The molecule has 260 valence electrons. The van der Waals surface area contributed by atoms with Gasteiger partial charge in [-0.15, -0.1) is 0 Å². The van der Waals surface area contributed by atoms with Gasteiger partial charge in [-0.2, -0.15) is 10.2 Å². The van der Waals surface area contributed by atoms with Gasteiger partial charge in [-0.25, -0.2) is 4.79 Å². The Balaban J connectivity index is 1.30. The summed E-state index contributed by atoms with van der Waals surface area (Å²) in [7, 11) is 0. The third-order valence-electron chi connectivity index (χ3n) is 9.45. The second kappa shape index (κ2) is 15.0. The summed E-state index contributed by atoms with van der Waals surface area (Å²) in [5, 5.41) is 48.6. The topological polar surface area (TPSA) is 154 Å². The molecule has 0 saturated carbocycles. The standard InChI is InChI=1S/C38H36IN7O5/c39-29-20-40-43(23-29)24-33-31-17-28(14-15-32(31)41-42-33)22-45-35(19-26-10-5-2-6-11-26)37(48)36(47)34(18-25-8-3-1-4-9-25)44(38(45)49)21-27-12-7-13-30(16-27)46(50)51/h1-17,20,23,34-37,47-48H,18-19,21-22,24H2,(H,41,42)/t34-,35-,36+,37+/m1/s1. The number of aromatic nitrogens is 4. The zero-order chi connectivity index (χ0) is 35.5. The van der Waals surface area contributed by atoms with E-state index in [1.165, 1.54) is 12.1 Å². The van der Waals surface area contributed by atoms with Gasteiger partial charge in [0.05, 0.1) is 44.5 Å². The largest absolute Gasteiger partial charge is 0.388 e. The molecule has 1 aliphatic heterocycles. The van der Waals surface area contributed by atoms with Crippen molar-refractivity contribution >= 4 is 45.2 Å². The third-order valence-corrected chi connectivity index (χ3v) is 10.0. The number of aliphatic hydroxyl groups excluding tert-OH is 2. The Kier molecular flexibility index (Phi) is 10.1. The third kappa shape index (κ3) is 7.65. The Morgan fingerprint density at radius 1 is 0.765 bits per heavy atom. The number of hydrogen-bond acceptors (Lipinski definition) is 7. The number of carbonyl (C=O) groups is 1. The molecule has 7 rings (SSSR count). The maximum atomic E-state index is 15.1. The molecule has 6 aromatic rings. The molecule has 51 heavy (non-hydrogen) atoms. The normalized spacial score (nSPS) is 19.4. The van der Waals surface area contributed by atoms with Crippen LogP contribution < -0.4 is 0 Å². The second-order valence-corrected chi connectivity index (χ2v) is 14.1. The van der Waals surface area contributed by atoms with Crippen molar-refractivity contribution in [3.05, 3.63) is 157 Å². The van der Waals surface area contributed by atoms with Crippen molar-refractivity contribution in [3.63, 3.8) is 0 Å². The molecule has 1 aliphatic rings. The number of aliphatic hydroxyl groups is 2. The van der Waals surface area contributed by atoms with Crippen molar-refractivity contribution in [2.75, 3.05) is 0 Å². The molecule has 4 aromatic carbocycles.